The predicted molar refractivity (Wildman–Crippen MR) is 61.2 cm³/mol. The van der Waals surface area contributed by atoms with E-state index in [1.165, 1.54) is 0 Å². The van der Waals surface area contributed by atoms with Crippen molar-refractivity contribution in [3.8, 4) is 0 Å². The maximum absolute atomic E-state index is 11.2. The van der Waals surface area contributed by atoms with Crippen molar-refractivity contribution in [1.82, 2.24) is 0 Å². The number of hydrogen-bond acceptors (Lipinski definition) is 2. The quantitative estimate of drug-likeness (QED) is 0.436. The van der Waals surface area contributed by atoms with Crippen molar-refractivity contribution >= 4 is 29.7 Å². The van der Waals surface area contributed by atoms with Crippen LogP contribution in [0.2, 0.25) is 0 Å². The van der Waals surface area contributed by atoms with Crippen LogP contribution in [0.3, 0.4) is 0 Å². The smallest absolute Gasteiger partial charge is 0.177 e. The van der Waals surface area contributed by atoms with Gasteiger partial charge in [-0.3, -0.25) is 4.79 Å². The number of alkyl halides is 1. The van der Waals surface area contributed by atoms with Crippen molar-refractivity contribution in [1.29, 1.82) is 0 Å². The molecule has 1 aromatic carbocycles. The van der Waals surface area contributed by atoms with E-state index in [1.54, 1.807) is 18.2 Å². The van der Waals surface area contributed by atoms with E-state index in [0.29, 0.717) is 12.0 Å². The van der Waals surface area contributed by atoms with E-state index in [1.807, 2.05) is 18.2 Å². The van der Waals surface area contributed by atoms with Gasteiger partial charge < -0.3 is 4.79 Å². The molecule has 0 heterocycles. The molecule has 1 aromatic rings. The molecule has 0 aliphatic rings. The molecule has 15 heavy (non-hydrogen) atoms. The van der Waals surface area contributed by atoms with Gasteiger partial charge in [0.2, 0.25) is 0 Å². The number of Topliss-reactive ketones (excluding diaryl/α,β-unsaturated/α-hetero) is 1. The Hall–Kier alpha value is -1.41. The summed E-state index contributed by atoms with van der Waals surface area (Å²) in [7, 11) is 0. The van der Waals surface area contributed by atoms with Gasteiger partial charge in [-0.1, -0.05) is 36.4 Å². The first-order chi connectivity index (χ1) is 7.27. The number of carbonyl (C=O) groups is 2. The Morgan fingerprint density at radius 1 is 1.27 bits per heavy atom. The highest BCUT2D eigenvalue weighted by atomic mass is 35.5. The zero-order valence-electron chi connectivity index (χ0n) is 8.15. The van der Waals surface area contributed by atoms with Crippen LogP contribution in [-0.4, -0.2) is 17.9 Å². The van der Waals surface area contributed by atoms with Crippen LogP contribution in [0.25, 0.3) is 6.08 Å². The van der Waals surface area contributed by atoms with Gasteiger partial charge in [0.1, 0.15) is 6.29 Å². The van der Waals surface area contributed by atoms with Crippen molar-refractivity contribution in [2.75, 3.05) is 5.88 Å². The van der Waals surface area contributed by atoms with Crippen LogP contribution in [0, 0.1) is 0 Å². The Balaban J connectivity index is 2.72. The van der Waals surface area contributed by atoms with E-state index in [2.05, 4.69) is 0 Å². The van der Waals surface area contributed by atoms with E-state index >= 15 is 0 Å². The molecule has 0 unspecified atom stereocenters. The number of halogens is 1. The van der Waals surface area contributed by atoms with Gasteiger partial charge in [-0.2, -0.15) is 0 Å². The second-order valence-electron chi connectivity index (χ2n) is 2.98. The number of hydrogen-bond donors (Lipinski definition) is 0. The maximum atomic E-state index is 11.2. The summed E-state index contributed by atoms with van der Waals surface area (Å²) in [5, 5.41) is 0. The van der Waals surface area contributed by atoms with Crippen molar-refractivity contribution in [3.63, 3.8) is 0 Å². The minimum Gasteiger partial charge on any atom is -0.303 e. The number of allylic oxidation sites excluding steroid dienone is 1. The summed E-state index contributed by atoms with van der Waals surface area (Å²) in [6, 6.07) is 7.10. The normalized spacial score (nSPS) is 10.5. The van der Waals surface area contributed by atoms with E-state index in [9.17, 15) is 9.59 Å². The van der Waals surface area contributed by atoms with E-state index in [-0.39, 0.29) is 11.7 Å². The fourth-order valence-electron chi connectivity index (χ4n) is 1.12. The molecule has 0 saturated heterocycles. The Morgan fingerprint density at radius 2 is 1.93 bits per heavy atom. The first-order valence-electron chi connectivity index (χ1n) is 4.57. The second kappa shape index (κ2) is 6.14. The lowest BCUT2D eigenvalue weighted by atomic mass is 10.1. The third-order valence-electron chi connectivity index (χ3n) is 1.90. The summed E-state index contributed by atoms with van der Waals surface area (Å²) in [5.74, 6) is -0.0829. The lowest BCUT2D eigenvalue weighted by Gasteiger charge is -1.97. The molecule has 0 aromatic heterocycles. The van der Waals surface area contributed by atoms with Gasteiger partial charge in [-0.15, -0.1) is 11.6 Å². The van der Waals surface area contributed by atoms with Crippen LogP contribution >= 0.6 is 11.6 Å². The third kappa shape index (κ3) is 3.68. The molecule has 0 bridgehead atoms. The van der Waals surface area contributed by atoms with Gasteiger partial charge >= 0.3 is 0 Å². The summed E-state index contributed by atoms with van der Waals surface area (Å²) in [6.45, 7) is 0. The number of ketones is 1. The van der Waals surface area contributed by atoms with Crippen molar-refractivity contribution in [2.45, 2.75) is 6.42 Å². The first-order valence-corrected chi connectivity index (χ1v) is 5.11. The summed E-state index contributed by atoms with van der Waals surface area (Å²) in [4.78, 5) is 21.3. The molecule has 0 aliphatic carbocycles. The Kier molecular flexibility index (Phi) is 4.78. The van der Waals surface area contributed by atoms with Gasteiger partial charge in [0, 0.05) is 12.0 Å². The standard InChI is InChI=1S/C12H11ClO2/c13-9-12(15)11-6-4-10(5-7-11)3-1-2-8-14/h1,3-8H,2,9H2. The molecule has 0 amide bonds. The highest BCUT2D eigenvalue weighted by Gasteiger charge is 2.01. The summed E-state index contributed by atoms with van der Waals surface area (Å²) in [6.07, 6.45) is 4.85. The Bertz CT molecular complexity index is 366. The largest absolute Gasteiger partial charge is 0.303 e. The minimum atomic E-state index is -0.0833. The molecule has 1 rings (SSSR count). The van der Waals surface area contributed by atoms with Crippen LogP contribution in [0.15, 0.2) is 30.3 Å². The zero-order chi connectivity index (χ0) is 11.1. The van der Waals surface area contributed by atoms with Crippen molar-refractivity contribution in [3.05, 3.63) is 41.5 Å². The van der Waals surface area contributed by atoms with E-state index in [4.69, 9.17) is 11.6 Å². The Labute approximate surface area is 93.6 Å². The molecule has 2 nitrogen and oxygen atoms in total. The molecule has 0 fully saturated rings. The summed E-state index contributed by atoms with van der Waals surface area (Å²) < 4.78 is 0. The highest BCUT2D eigenvalue weighted by molar-refractivity contribution is 6.30. The lowest BCUT2D eigenvalue weighted by Crippen LogP contribution is -1.99. The Morgan fingerprint density at radius 3 is 2.47 bits per heavy atom. The average Bonchev–Trinajstić information content (AvgIpc) is 2.29. The minimum absolute atomic E-state index is 0.000325. The number of benzene rings is 1. The molecule has 0 atom stereocenters. The molecule has 0 N–H and O–H groups in total. The molecular formula is C12H11ClO2. The highest BCUT2D eigenvalue weighted by Crippen LogP contribution is 2.07. The van der Waals surface area contributed by atoms with Gasteiger partial charge in [0.05, 0.1) is 5.88 Å². The van der Waals surface area contributed by atoms with Crippen molar-refractivity contribution < 1.29 is 9.59 Å². The SMILES string of the molecule is O=CCC=Cc1ccc(C(=O)CCl)cc1. The van der Waals surface area contributed by atoms with Gasteiger partial charge in [0.15, 0.2) is 5.78 Å². The van der Waals surface area contributed by atoms with Crippen molar-refractivity contribution in [2.24, 2.45) is 0 Å². The fourth-order valence-corrected chi connectivity index (χ4v) is 1.27. The predicted octanol–water partition coefficient (Wildman–Crippen LogP) is 2.71. The lowest BCUT2D eigenvalue weighted by molar-refractivity contribution is -0.107. The van der Waals surface area contributed by atoms with Crippen LogP contribution in [0.4, 0.5) is 0 Å². The van der Waals surface area contributed by atoms with E-state index in [0.717, 1.165) is 11.8 Å². The van der Waals surface area contributed by atoms with Gasteiger partial charge in [-0.25, -0.2) is 0 Å². The molecule has 78 valence electrons. The molecule has 0 spiro atoms. The monoisotopic (exact) mass is 222 g/mol. The molecule has 0 saturated carbocycles. The number of rotatable bonds is 5. The van der Waals surface area contributed by atoms with Gasteiger partial charge in [0.25, 0.3) is 0 Å². The average molecular weight is 223 g/mol. The summed E-state index contributed by atoms with van der Waals surface area (Å²) >= 11 is 5.43. The van der Waals surface area contributed by atoms with Crippen LogP contribution < -0.4 is 0 Å². The van der Waals surface area contributed by atoms with Crippen LogP contribution in [-0.2, 0) is 4.79 Å². The fraction of sp³-hybridized carbons (Fsp3) is 0.167. The molecular weight excluding hydrogens is 212 g/mol. The topological polar surface area (TPSA) is 34.1 Å². The second-order valence-corrected chi connectivity index (χ2v) is 3.25. The van der Waals surface area contributed by atoms with Crippen LogP contribution in [0.1, 0.15) is 22.3 Å². The molecule has 0 aliphatic heterocycles. The van der Waals surface area contributed by atoms with Crippen LogP contribution in [0.5, 0.6) is 0 Å². The first kappa shape index (κ1) is 11.7. The molecule has 3 heteroatoms. The molecule has 0 radical (unpaired) electrons. The van der Waals surface area contributed by atoms with Gasteiger partial charge in [-0.05, 0) is 5.56 Å². The number of carbonyl (C=O) groups excluding carboxylic acids is 2. The zero-order valence-corrected chi connectivity index (χ0v) is 8.91. The summed E-state index contributed by atoms with van der Waals surface area (Å²) in [5.41, 5.74) is 1.57. The third-order valence-corrected chi connectivity index (χ3v) is 2.14. The number of aldehydes is 1. The van der Waals surface area contributed by atoms with E-state index < -0.39 is 0 Å². The maximum Gasteiger partial charge on any atom is 0.177 e.